The highest BCUT2D eigenvalue weighted by Gasteiger charge is 2.30. The van der Waals surface area contributed by atoms with E-state index in [9.17, 15) is 29.1 Å². The van der Waals surface area contributed by atoms with Crippen LogP contribution in [0.2, 0.25) is 0 Å². The number of carboxylic acids is 1. The number of guanidine groups is 1. The topological polar surface area (TPSA) is 274 Å². The van der Waals surface area contributed by atoms with Gasteiger partial charge in [-0.25, -0.2) is 4.79 Å². The first kappa shape index (κ1) is 34.9. The molecule has 0 spiro atoms. The Hall–Kier alpha value is -4.31. The standard InChI is InChI=1S/C27H41N9O6S/c1-43-12-10-20(34-23(38)17(28)13-15-14-33-18-6-3-2-5-16(15)18)25(40)35-19(8-9-22(29)37)24(39)36-21(26(41)42)7-4-11-32-27(30)31/h2-3,5-6,14,17,19-21,33H,4,7-13,28H2,1H3,(H2,29,37)(H,34,38)(H,35,40)(H,36,39)(H,41,42)(H4,30,31,32). The predicted octanol–water partition coefficient (Wildman–Crippen LogP) is -1.35. The molecule has 4 unspecified atom stereocenters. The van der Waals surface area contributed by atoms with Crippen molar-refractivity contribution in [1.29, 1.82) is 0 Å². The maximum absolute atomic E-state index is 13.3. The van der Waals surface area contributed by atoms with Crippen molar-refractivity contribution in [2.45, 2.75) is 62.7 Å². The number of carboxylic acid groups (broad SMARTS) is 1. The number of aliphatic imine (C=N–C) groups is 1. The number of aromatic nitrogens is 1. The number of nitrogens with zero attached hydrogens (tertiary/aromatic N) is 1. The Morgan fingerprint density at radius 2 is 1.56 bits per heavy atom. The number of fused-ring (bicyclic) bond motifs is 1. The van der Waals surface area contributed by atoms with Crippen molar-refractivity contribution in [3.8, 4) is 0 Å². The molecule has 0 aliphatic heterocycles. The summed E-state index contributed by atoms with van der Waals surface area (Å²) in [7, 11) is 0. The fourth-order valence-corrected chi connectivity index (χ4v) is 4.75. The minimum absolute atomic E-state index is 0.00899. The Morgan fingerprint density at radius 3 is 2.19 bits per heavy atom. The third-order valence-electron chi connectivity index (χ3n) is 6.57. The SMILES string of the molecule is CSCCC(NC(=O)C(N)Cc1c[nH]c2ccccc12)C(=O)NC(CCC(N)=O)C(=O)NC(CCCN=C(N)N)C(=O)O. The van der Waals surface area contributed by atoms with Gasteiger partial charge < -0.3 is 49.0 Å². The molecule has 4 atom stereocenters. The quantitative estimate of drug-likeness (QED) is 0.0506. The van der Waals surface area contributed by atoms with E-state index in [1.165, 1.54) is 11.8 Å². The molecule has 0 fully saturated rings. The van der Waals surface area contributed by atoms with Crippen molar-refractivity contribution < 1.29 is 29.1 Å². The van der Waals surface area contributed by atoms with Crippen LogP contribution in [0.5, 0.6) is 0 Å². The van der Waals surface area contributed by atoms with Gasteiger partial charge in [0.1, 0.15) is 18.1 Å². The van der Waals surface area contributed by atoms with Gasteiger partial charge in [0, 0.05) is 30.1 Å². The number of carbonyl (C=O) groups is 5. The zero-order valence-electron chi connectivity index (χ0n) is 24.0. The lowest BCUT2D eigenvalue weighted by Gasteiger charge is -2.25. The van der Waals surface area contributed by atoms with Gasteiger partial charge in [0.15, 0.2) is 5.96 Å². The number of thioether (sulfide) groups is 1. The summed E-state index contributed by atoms with van der Waals surface area (Å²) in [5, 5.41) is 18.1. The second-order valence-corrected chi connectivity index (χ2v) is 10.9. The van der Waals surface area contributed by atoms with E-state index in [0.717, 1.165) is 16.5 Å². The first-order valence-electron chi connectivity index (χ1n) is 13.7. The van der Waals surface area contributed by atoms with Crippen molar-refractivity contribution >= 4 is 58.2 Å². The number of H-pyrrole nitrogens is 1. The summed E-state index contributed by atoms with van der Waals surface area (Å²) in [6.45, 7) is 0.156. The summed E-state index contributed by atoms with van der Waals surface area (Å²) >= 11 is 1.45. The molecular weight excluding hydrogens is 578 g/mol. The molecule has 0 radical (unpaired) electrons. The average molecular weight is 620 g/mol. The van der Waals surface area contributed by atoms with E-state index >= 15 is 0 Å². The highest BCUT2D eigenvalue weighted by molar-refractivity contribution is 7.98. The van der Waals surface area contributed by atoms with Gasteiger partial charge in [0.25, 0.3) is 0 Å². The molecule has 4 amide bonds. The number of carbonyl (C=O) groups excluding carboxylic acids is 4. The van der Waals surface area contributed by atoms with Gasteiger partial charge in [0.05, 0.1) is 6.04 Å². The number of aliphatic carboxylic acids is 1. The normalized spacial score (nSPS) is 13.7. The number of amides is 4. The maximum atomic E-state index is 13.3. The number of benzene rings is 1. The van der Waals surface area contributed by atoms with Crippen LogP contribution in [0.15, 0.2) is 35.5 Å². The summed E-state index contributed by atoms with van der Waals surface area (Å²) in [4.78, 5) is 69.6. The number of hydrogen-bond acceptors (Lipinski definition) is 8. The van der Waals surface area contributed by atoms with Crippen LogP contribution >= 0.6 is 11.8 Å². The van der Waals surface area contributed by atoms with E-state index in [4.69, 9.17) is 22.9 Å². The van der Waals surface area contributed by atoms with E-state index in [2.05, 4.69) is 25.9 Å². The second kappa shape index (κ2) is 17.6. The molecule has 15 nitrogen and oxygen atoms in total. The molecule has 0 aliphatic carbocycles. The molecule has 16 heteroatoms. The number of rotatable bonds is 19. The Balaban J connectivity index is 2.11. The molecular formula is C27H41N9O6S. The van der Waals surface area contributed by atoms with Crippen LogP contribution in [-0.4, -0.2) is 88.4 Å². The molecule has 43 heavy (non-hydrogen) atoms. The first-order valence-corrected chi connectivity index (χ1v) is 15.1. The van der Waals surface area contributed by atoms with Crippen molar-refractivity contribution in [3.63, 3.8) is 0 Å². The number of aromatic amines is 1. The molecule has 1 aromatic heterocycles. The van der Waals surface area contributed by atoms with Gasteiger partial charge in [-0.1, -0.05) is 18.2 Å². The van der Waals surface area contributed by atoms with Gasteiger partial charge in [-0.15, -0.1) is 0 Å². The summed E-state index contributed by atoms with van der Waals surface area (Å²) in [5.41, 5.74) is 23.8. The van der Waals surface area contributed by atoms with E-state index < -0.39 is 53.8 Å². The number of primary amides is 1. The number of hydrogen-bond donors (Lipinski definition) is 9. The molecule has 2 rings (SSSR count). The summed E-state index contributed by atoms with van der Waals surface area (Å²) in [6, 6.07) is 2.97. The average Bonchev–Trinajstić information content (AvgIpc) is 3.36. The fraction of sp³-hybridized carbons (Fsp3) is 0.481. The Bertz CT molecular complexity index is 1300. The van der Waals surface area contributed by atoms with Gasteiger partial charge in [0.2, 0.25) is 23.6 Å². The van der Waals surface area contributed by atoms with Gasteiger partial charge >= 0.3 is 5.97 Å². The second-order valence-electron chi connectivity index (χ2n) is 9.93. The third kappa shape index (κ3) is 11.8. The predicted molar refractivity (Wildman–Crippen MR) is 165 cm³/mol. The van der Waals surface area contributed by atoms with Crippen LogP contribution in [0.4, 0.5) is 0 Å². The van der Waals surface area contributed by atoms with Crippen LogP contribution in [0.3, 0.4) is 0 Å². The molecule has 2 aromatic rings. The zero-order chi connectivity index (χ0) is 31.9. The highest BCUT2D eigenvalue weighted by atomic mass is 32.2. The number of nitrogens with two attached hydrogens (primary N) is 4. The third-order valence-corrected chi connectivity index (χ3v) is 7.21. The Labute approximate surface area is 253 Å². The zero-order valence-corrected chi connectivity index (χ0v) is 24.8. The van der Waals surface area contributed by atoms with Crippen LogP contribution in [0.25, 0.3) is 10.9 Å². The molecule has 0 saturated heterocycles. The molecule has 0 saturated carbocycles. The number of para-hydroxylation sites is 1. The minimum Gasteiger partial charge on any atom is -0.480 e. The molecule has 0 aliphatic rings. The lowest BCUT2D eigenvalue weighted by molar-refractivity contribution is -0.142. The molecule has 1 aromatic carbocycles. The Kier molecular flexibility index (Phi) is 14.3. The fourth-order valence-electron chi connectivity index (χ4n) is 4.27. The summed E-state index contributed by atoms with van der Waals surface area (Å²) < 4.78 is 0. The smallest absolute Gasteiger partial charge is 0.326 e. The van der Waals surface area contributed by atoms with E-state index in [-0.39, 0.29) is 51.0 Å². The largest absolute Gasteiger partial charge is 0.480 e. The van der Waals surface area contributed by atoms with Crippen LogP contribution in [0.1, 0.15) is 37.7 Å². The summed E-state index contributed by atoms with van der Waals surface area (Å²) in [6.07, 6.45) is 3.89. The Morgan fingerprint density at radius 1 is 0.930 bits per heavy atom. The number of nitrogens with one attached hydrogen (secondary N) is 4. The van der Waals surface area contributed by atoms with Crippen molar-refractivity contribution in [3.05, 3.63) is 36.0 Å². The summed E-state index contributed by atoms with van der Waals surface area (Å²) in [5.74, 6) is -3.73. The van der Waals surface area contributed by atoms with E-state index in [0.29, 0.717) is 5.75 Å². The maximum Gasteiger partial charge on any atom is 0.326 e. The van der Waals surface area contributed by atoms with Crippen LogP contribution < -0.4 is 38.9 Å². The van der Waals surface area contributed by atoms with Crippen molar-refractivity contribution in [2.75, 3.05) is 18.6 Å². The van der Waals surface area contributed by atoms with E-state index in [1.54, 1.807) is 6.20 Å². The lowest BCUT2D eigenvalue weighted by atomic mass is 10.0. The monoisotopic (exact) mass is 619 g/mol. The first-order chi connectivity index (χ1) is 20.4. The van der Waals surface area contributed by atoms with Crippen molar-refractivity contribution in [2.24, 2.45) is 27.9 Å². The van der Waals surface area contributed by atoms with Gasteiger partial charge in [-0.2, -0.15) is 11.8 Å². The van der Waals surface area contributed by atoms with Crippen molar-refractivity contribution in [1.82, 2.24) is 20.9 Å². The molecule has 236 valence electrons. The highest BCUT2D eigenvalue weighted by Crippen LogP contribution is 2.19. The van der Waals surface area contributed by atoms with Gasteiger partial charge in [-0.3, -0.25) is 24.2 Å². The minimum atomic E-state index is -1.30. The molecule has 13 N–H and O–H groups in total. The van der Waals surface area contributed by atoms with Crippen LogP contribution in [0, 0.1) is 0 Å². The van der Waals surface area contributed by atoms with Crippen LogP contribution in [-0.2, 0) is 30.4 Å². The van der Waals surface area contributed by atoms with E-state index in [1.807, 2.05) is 30.5 Å². The molecule has 1 heterocycles. The van der Waals surface area contributed by atoms with Gasteiger partial charge in [-0.05, 0) is 55.7 Å². The molecule has 0 bridgehead atoms. The lowest BCUT2D eigenvalue weighted by Crippen LogP contribution is -2.57.